The third kappa shape index (κ3) is 4.85. The number of aromatic nitrogens is 2. The van der Waals surface area contributed by atoms with Crippen molar-refractivity contribution < 1.29 is 14.1 Å². The van der Waals surface area contributed by atoms with E-state index in [0.29, 0.717) is 28.2 Å². The van der Waals surface area contributed by atoms with Gasteiger partial charge in [-0.25, -0.2) is 0 Å². The number of carbonyl (C=O) groups excluding carboxylic acids is 1. The van der Waals surface area contributed by atoms with E-state index in [9.17, 15) is 4.79 Å². The maximum absolute atomic E-state index is 12.1. The number of nitrogens with one attached hydrogen (secondary N) is 1. The van der Waals surface area contributed by atoms with Gasteiger partial charge in [-0.05, 0) is 73.2 Å². The van der Waals surface area contributed by atoms with Crippen LogP contribution in [-0.2, 0) is 4.79 Å². The van der Waals surface area contributed by atoms with E-state index in [2.05, 4.69) is 15.5 Å². The number of hydrogen-bond acceptors (Lipinski definition) is 5. The minimum Gasteiger partial charge on any atom is -0.484 e. The molecule has 1 amide bonds. The largest absolute Gasteiger partial charge is 0.484 e. The molecule has 30 heavy (non-hydrogen) atoms. The first-order valence-corrected chi connectivity index (χ1v) is 9.64. The van der Waals surface area contributed by atoms with Crippen molar-refractivity contribution in [3.8, 4) is 28.6 Å². The van der Waals surface area contributed by atoms with Crippen molar-refractivity contribution in [3.63, 3.8) is 0 Å². The van der Waals surface area contributed by atoms with Gasteiger partial charge in [0.05, 0.1) is 0 Å². The lowest BCUT2D eigenvalue weighted by atomic mass is 10.2. The van der Waals surface area contributed by atoms with E-state index in [4.69, 9.17) is 20.9 Å². The number of hydrogen-bond donors (Lipinski definition) is 1. The van der Waals surface area contributed by atoms with Gasteiger partial charge in [0.25, 0.3) is 11.8 Å². The van der Waals surface area contributed by atoms with Crippen molar-refractivity contribution >= 4 is 23.2 Å². The summed E-state index contributed by atoms with van der Waals surface area (Å²) in [7, 11) is 0. The SMILES string of the molecule is Cc1cccc(OCC(=O)Nc2ccc(-c3nc(-c4ccc(Cl)cc4)no3)cc2)c1. The Balaban J connectivity index is 1.37. The van der Waals surface area contributed by atoms with E-state index in [1.807, 2.05) is 43.3 Å². The minimum absolute atomic E-state index is 0.0701. The molecule has 0 bridgehead atoms. The van der Waals surface area contributed by atoms with Crippen molar-refractivity contribution in [2.45, 2.75) is 6.92 Å². The molecule has 0 saturated heterocycles. The average Bonchev–Trinajstić information content (AvgIpc) is 3.24. The summed E-state index contributed by atoms with van der Waals surface area (Å²) in [5.41, 5.74) is 3.28. The lowest BCUT2D eigenvalue weighted by molar-refractivity contribution is -0.118. The van der Waals surface area contributed by atoms with Gasteiger partial charge in [0.15, 0.2) is 6.61 Å². The van der Waals surface area contributed by atoms with Crippen LogP contribution in [0.2, 0.25) is 5.02 Å². The fourth-order valence-electron chi connectivity index (χ4n) is 2.80. The number of ether oxygens (including phenoxy) is 1. The zero-order valence-corrected chi connectivity index (χ0v) is 16.9. The summed E-state index contributed by atoms with van der Waals surface area (Å²) in [6, 6.07) is 21.9. The zero-order chi connectivity index (χ0) is 20.9. The van der Waals surface area contributed by atoms with Crippen LogP contribution in [0.3, 0.4) is 0 Å². The molecule has 0 aliphatic rings. The Morgan fingerprint density at radius 1 is 1.03 bits per heavy atom. The highest BCUT2D eigenvalue weighted by molar-refractivity contribution is 6.30. The third-order valence-corrected chi connectivity index (χ3v) is 4.56. The molecular formula is C23H18ClN3O3. The molecule has 3 aromatic carbocycles. The first-order chi connectivity index (χ1) is 14.6. The van der Waals surface area contributed by atoms with Gasteiger partial charge in [0.2, 0.25) is 5.82 Å². The third-order valence-electron chi connectivity index (χ3n) is 4.30. The second-order valence-electron chi connectivity index (χ2n) is 6.66. The van der Waals surface area contributed by atoms with Crippen molar-refractivity contribution in [2.24, 2.45) is 0 Å². The average molecular weight is 420 g/mol. The van der Waals surface area contributed by atoms with E-state index >= 15 is 0 Å². The summed E-state index contributed by atoms with van der Waals surface area (Å²) in [6.07, 6.45) is 0. The van der Waals surface area contributed by atoms with Gasteiger partial charge in [0, 0.05) is 21.8 Å². The Morgan fingerprint density at radius 2 is 1.77 bits per heavy atom. The molecule has 0 atom stereocenters. The summed E-state index contributed by atoms with van der Waals surface area (Å²) in [4.78, 5) is 16.5. The van der Waals surface area contributed by atoms with E-state index in [1.165, 1.54) is 0 Å². The molecule has 0 aliphatic carbocycles. The van der Waals surface area contributed by atoms with Crippen LogP contribution in [-0.4, -0.2) is 22.7 Å². The number of anilines is 1. The molecule has 1 aromatic heterocycles. The van der Waals surface area contributed by atoms with Crippen LogP contribution < -0.4 is 10.1 Å². The molecule has 1 heterocycles. The first kappa shape index (κ1) is 19.7. The van der Waals surface area contributed by atoms with Crippen molar-refractivity contribution in [1.29, 1.82) is 0 Å². The Morgan fingerprint density at radius 3 is 2.50 bits per heavy atom. The summed E-state index contributed by atoms with van der Waals surface area (Å²) in [5.74, 6) is 1.29. The molecular weight excluding hydrogens is 402 g/mol. The van der Waals surface area contributed by atoms with Crippen molar-refractivity contribution in [3.05, 3.63) is 83.4 Å². The fourth-order valence-corrected chi connectivity index (χ4v) is 2.93. The molecule has 0 unspecified atom stereocenters. The highest BCUT2D eigenvalue weighted by atomic mass is 35.5. The number of rotatable bonds is 6. The molecule has 0 fully saturated rings. The molecule has 4 aromatic rings. The molecule has 4 rings (SSSR count). The smallest absolute Gasteiger partial charge is 0.262 e. The van der Waals surface area contributed by atoms with E-state index in [-0.39, 0.29) is 12.5 Å². The molecule has 0 spiro atoms. The monoisotopic (exact) mass is 419 g/mol. The van der Waals surface area contributed by atoms with Gasteiger partial charge < -0.3 is 14.6 Å². The van der Waals surface area contributed by atoms with Crippen LogP contribution in [0, 0.1) is 6.92 Å². The summed E-state index contributed by atoms with van der Waals surface area (Å²) >= 11 is 5.91. The van der Waals surface area contributed by atoms with E-state index in [0.717, 1.165) is 16.7 Å². The first-order valence-electron chi connectivity index (χ1n) is 9.26. The Bertz CT molecular complexity index is 1160. The van der Waals surface area contributed by atoms with Crippen molar-refractivity contribution in [2.75, 3.05) is 11.9 Å². The van der Waals surface area contributed by atoms with Crippen LogP contribution in [0.5, 0.6) is 5.75 Å². The van der Waals surface area contributed by atoms with E-state index in [1.54, 1.807) is 36.4 Å². The predicted octanol–water partition coefficient (Wildman–Crippen LogP) is 5.38. The van der Waals surface area contributed by atoms with Gasteiger partial charge >= 0.3 is 0 Å². The molecule has 0 aliphatic heterocycles. The summed E-state index contributed by atoms with van der Waals surface area (Å²) in [5, 5.41) is 7.45. The van der Waals surface area contributed by atoms with Gasteiger partial charge in [0.1, 0.15) is 5.75 Å². The Labute approximate surface area is 178 Å². The van der Waals surface area contributed by atoms with Gasteiger partial charge in [-0.1, -0.05) is 28.9 Å². The number of halogens is 1. The second-order valence-corrected chi connectivity index (χ2v) is 7.10. The number of nitrogens with zero attached hydrogens (tertiary/aromatic N) is 2. The number of carbonyl (C=O) groups is 1. The van der Waals surface area contributed by atoms with Crippen LogP contribution in [0.15, 0.2) is 77.3 Å². The number of aryl methyl sites for hydroxylation is 1. The van der Waals surface area contributed by atoms with Crippen LogP contribution in [0.25, 0.3) is 22.8 Å². The standard InChI is InChI=1S/C23H18ClN3O3/c1-15-3-2-4-20(13-15)29-14-21(28)25-19-11-7-17(8-12-19)23-26-22(27-30-23)16-5-9-18(24)10-6-16/h2-13H,14H2,1H3,(H,25,28). The van der Waals surface area contributed by atoms with Crippen LogP contribution >= 0.6 is 11.6 Å². The normalized spacial score (nSPS) is 10.6. The summed E-state index contributed by atoms with van der Waals surface area (Å²) in [6.45, 7) is 1.90. The second kappa shape index (κ2) is 8.80. The highest BCUT2D eigenvalue weighted by Crippen LogP contribution is 2.24. The van der Waals surface area contributed by atoms with Crippen molar-refractivity contribution in [1.82, 2.24) is 10.1 Å². The van der Waals surface area contributed by atoms with Gasteiger partial charge in [-0.2, -0.15) is 4.98 Å². The lowest BCUT2D eigenvalue weighted by Gasteiger charge is -2.08. The molecule has 6 nitrogen and oxygen atoms in total. The number of amides is 1. The summed E-state index contributed by atoms with van der Waals surface area (Å²) < 4.78 is 10.9. The maximum atomic E-state index is 12.1. The Kier molecular flexibility index (Phi) is 5.77. The highest BCUT2D eigenvalue weighted by Gasteiger charge is 2.11. The van der Waals surface area contributed by atoms with E-state index < -0.39 is 0 Å². The van der Waals surface area contributed by atoms with Crippen LogP contribution in [0.4, 0.5) is 5.69 Å². The van der Waals surface area contributed by atoms with Gasteiger partial charge in [-0.3, -0.25) is 4.79 Å². The maximum Gasteiger partial charge on any atom is 0.262 e. The topological polar surface area (TPSA) is 77.2 Å². The molecule has 0 saturated carbocycles. The zero-order valence-electron chi connectivity index (χ0n) is 16.1. The Hall–Kier alpha value is -3.64. The number of benzene rings is 3. The minimum atomic E-state index is -0.243. The molecule has 7 heteroatoms. The van der Waals surface area contributed by atoms with Crippen LogP contribution in [0.1, 0.15) is 5.56 Å². The molecule has 1 N–H and O–H groups in total. The molecule has 0 radical (unpaired) electrons. The van der Waals surface area contributed by atoms with Gasteiger partial charge in [-0.15, -0.1) is 0 Å². The quantitative estimate of drug-likeness (QED) is 0.453. The lowest BCUT2D eigenvalue weighted by Crippen LogP contribution is -2.20. The molecule has 150 valence electrons. The fraction of sp³-hybridized carbons (Fsp3) is 0.0870. The predicted molar refractivity (Wildman–Crippen MR) is 115 cm³/mol.